The van der Waals surface area contributed by atoms with Crippen LogP contribution in [0.25, 0.3) is 0 Å². The van der Waals surface area contributed by atoms with Crippen molar-refractivity contribution >= 4 is 5.82 Å². The van der Waals surface area contributed by atoms with Crippen molar-refractivity contribution in [1.82, 2.24) is 4.98 Å². The minimum atomic E-state index is 0.585. The van der Waals surface area contributed by atoms with Gasteiger partial charge in [0.1, 0.15) is 11.9 Å². The van der Waals surface area contributed by atoms with E-state index in [1.165, 1.54) is 11.1 Å². The van der Waals surface area contributed by atoms with E-state index in [0.29, 0.717) is 11.4 Å². The molecular weight excluding hydrogens is 222 g/mol. The lowest BCUT2D eigenvalue weighted by molar-refractivity contribution is 1.00. The van der Waals surface area contributed by atoms with Crippen LogP contribution in [0.3, 0.4) is 0 Å². The summed E-state index contributed by atoms with van der Waals surface area (Å²) in [5.41, 5.74) is 3.14. The topological polar surface area (TPSA) is 48.7 Å². The van der Waals surface area contributed by atoms with Gasteiger partial charge in [-0.05, 0) is 31.0 Å². The maximum Gasteiger partial charge on any atom is 0.143 e. The Morgan fingerprint density at radius 2 is 2.17 bits per heavy atom. The van der Waals surface area contributed by atoms with E-state index >= 15 is 0 Å². The molecule has 0 bridgehead atoms. The van der Waals surface area contributed by atoms with Gasteiger partial charge in [0.2, 0.25) is 0 Å². The smallest absolute Gasteiger partial charge is 0.143 e. The Morgan fingerprint density at radius 1 is 1.28 bits per heavy atom. The van der Waals surface area contributed by atoms with Gasteiger partial charge in [-0.1, -0.05) is 29.8 Å². The monoisotopic (exact) mass is 237 g/mol. The molecule has 0 aliphatic carbocycles. The molecule has 0 radical (unpaired) electrons. The Kier molecular flexibility index (Phi) is 3.93. The zero-order chi connectivity index (χ0) is 12.8. The Balaban J connectivity index is 1.95. The Bertz CT molecular complexity index is 570. The summed E-state index contributed by atoms with van der Waals surface area (Å²) < 4.78 is 0. The van der Waals surface area contributed by atoms with Crippen molar-refractivity contribution in [2.45, 2.75) is 13.3 Å². The molecule has 0 spiro atoms. The van der Waals surface area contributed by atoms with Gasteiger partial charge in [0, 0.05) is 12.7 Å². The molecule has 0 aliphatic rings. The van der Waals surface area contributed by atoms with Crippen LogP contribution in [0.1, 0.15) is 16.7 Å². The fourth-order valence-corrected chi connectivity index (χ4v) is 1.83. The van der Waals surface area contributed by atoms with Crippen LogP contribution >= 0.6 is 0 Å². The summed E-state index contributed by atoms with van der Waals surface area (Å²) in [5.74, 6) is 0.660. The first-order valence-corrected chi connectivity index (χ1v) is 5.94. The van der Waals surface area contributed by atoms with Crippen molar-refractivity contribution in [3.8, 4) is 6.07 Å². The van der Waals surface area contributed by atoms with Gasteiger partial charge in [-0.3, -0.25) is 0 Å². The summed E-state index contributed by atoms with van der Waals surface area (Å²) in [6, 6.07) is 14.1. The second-order valence-corrected chi connectivity index (χ2v) is 4.18. The van der Waals surface area contributed by atoms with Gasteiger partial charge >= 0.3 is 0 Å². The van der Waals surface area contributed by atoms with E-state index in [2.05, 4.69) is 47.6 Å². The molecule has 0 saturated heterocycles. The molecule has 1 N–H and O–H groups in total. The van der Waals surface area contributed by atoms with Crippen LogP contribution in [0, 0.1) is 18.3 Å². The highest BCUT2D eigenvalue weighted by molar-refractivity contribution is 5.51. The molecular formula is C15H15N3. The van der Waals surface area contributed by atoms with Gasteiger partial charge in [0.05, 0.1) is 5.56 Å². The standard InChI is InChI=1S/C15H15N3/c1-12-4-2-5-13(10-12)7-9-18-15-14(11-16)6-3-8-17-15/h2-6,8,10H,7,9H2,1H3,(H,17,18). The molecule has 0 atom stereocenters. The highest BCUT2D eigenvalue weighted by atomic mass is 15.0. The van der Waals surface area contributed by atoms with Crippen LogP contribution in [-0.2, 0) is 6.42 Å². The van der Waals surface area contributed by atoms with Crippen molar-refractivity contribution in [2.24, 2.45) is 0 Å². The molecule has 0 unspecified atom stereocenters. The van der Waals surface area contributed by atoms with Gasteiger partial charge in [-0.15, -0.1) is 0 Å². The summed E-state index contributed by atoms with van der Waals surface area (Å²) in [5, 5.41) is 12.1. The first-order valence-electron chi connectivity index (χ1n) is 5.94. The molecule has 0 saturated carbocycles. The number of nitriles is 1. The Morgan fingerprint density at radius 3 is 2.94 bits per heavy atom. The Labute approximate surface area is 107 Å². The van der Waals surface area contributed by atoms with Crippen molar-refractivity contribution in [3.05, 3.63) is 59.3 Å². The zero-order valence-electron chi connectivity index (χ0n) is 10.4. The number of rotatable bonds is 4. The predicted molar refractivity (Wildman–Crippen MR) is 72.3 cm³/mol. The zero-order valence-corrected chi connectivity index (χ0v) is 10.4. The molecule has 18 heavy (non-hydrogen) atoms. The number of nitrogens with zero attached hydrogens (tertiary/aromatic N) is 2. The van der Waals surface area contributed by atoms with Gasteiger partial charge < -0.3 is 5.32 Å². The first-order chi connectivity index (χ1) is 8.79. The highest BCUT2D eigenvalue weighted by Gasteiger charge is 2.01. The van der Waals surface area contributed by atoms with Gasteiger partial charge in [0.25, 0.3) is 0 Å². The van der Waals surface area contributed by atoms with E-state index in [4.69, 9.17) is 5.26 Å². The number of benzene rings is 1. The van der Waals surface area contributed by atoms with E-state index in [9.17, 15) is 0 Å². The molecule has 1 aromatic heterocycles. The maximum atomic E-state index is 8.94. The number of pyridine rings is 1. The summed E-state index contributed by atoms with van der Waals surface area (Å²) >= 11 is 0. The van der Waals surface area contributed by atoms with E-state index in [1.54, 1.807) is 18.3 Å². The van der Waals surface area contributed by atoms with Crippen LogP contribution in [0.2, 0.25) is 0 Å². The van der Waals surface area contributed by atoms with E-state index in [1.807, 2.05) is 0 Å². The average Bonchev–Trinajstić information content (AvgIpc) is 2.39. The second kappa shape index (κ2) is 5.83. The number of nitrogens with one attached hydrogen (secondary N) is 1. The molecule has 2 rings (SSSR count). The predicted octanol–water partition coefficient (Wildman–Crippen LogP) is 2.92. The minimum absolute atomic E-state index is 0.585. The van der Waals surface area contributed by atoms with Crippen LogP contribution < -0.4 is 5.32 Å². The quantitative estimate of drug-likeness (QED) is 0.889. The van der Waals surface area contributed by atoms with Crippen molar-refractivity contribution in [2.75, 3.05) is 11.9 Å². The molecule has 3 nitrogen and oxygen atoms in total. The number of hydrogen-bond donors (Lipinski definition) is 1. The molecule has 0 amide bonds. The molecule has 3 heteroatoms. The number of aromatic nitrogens is 1. The van der Waals surface area contributed by atoms with Gasteiger partial charge in [-0.25, -0.2) is 4.98 Å². The maximum absolute atomic E-state index is 8.94. The summed E-state index contributed by atoms with van der Waals surface area (Å²) in [6.45, 7) is 2.86. The lowest BCUT2D eigenvalue weighted by Gasteiger charge is -2.07. The SMILES string of the molecule is Cc1cccc(CCNc2ncccc2C#N)c1. The molecule has 1 heterocycles. The van der Waals surface area contributed by atoms with E-state index in [-0.39, 0.29) is 0 Å². The minimum Gasteiger partial charge on any atom is -0.369 e. The van der Waals surface area contributed by atoms with E-state index in [0.717, 1.165) is 13.0 Å². The molecule has 0 fully saturated rings. The number of aryl methyl sites for hydroxylation is 1. The van der Waals surface area contributed by atoms with Crippen LogP contribution in [0.4, 0.5) is 5.82 Å². The van der Waals surface area contributed by atoms with Crippen LogP contribution in [-0.4, -0.2) is 11.5 Å². The molecule has 90 valence electrons. The average molecular weight is 237 g/mol. The number of hydrogen-bond acceptors (Lipinski definition) is 3. The lowest BCUT2D eigenvalue weighted by atomic mass is 10.1. The highest BCUT2D eigenvalue weighted by Crippen LogP contribution is 2.10. The van der Waals surface area contributed by atoms with Crippen LogP contribution in [0.5, 0.6) is 0 Å². The molecule has 0 aliphatic heterocycles. The Hall–Kier alpha value is -2.34. The van der Waals surface area contributed by atoms with Crippen molar-refractivity contribution in [3.63, 3.8) is 0 Å². The third kappa shape index (κ3) is 3.08. The fraction of sp³-hybridized carbons (Fsp3) is 0.200. The number of anilines is 1. The van der Waals surface area contributed by atoms with E-state index < -0.39 is 0 Å². The third-order valence-electron chi connectivity index (χ3n) is 2.72. The van der Waals surface area contributed by atoms with Crippen molar-refractivity contribution < 1.29 is 0 Å². The normalized spacial score (nSPS) is 9.78. The van der Waals surface area contributed by atoms with Gasteiger partial charge in [-0.2, -0.15) is 5.26 Å². The summed E-state index contributed by atoms with van der Waals surface area (Å²) in [7, 11) is 0. The largest absolute Gasteiger partial charge is 0.369 e. The molecule has 1 aromatic carbocycles. The second-order valence-electron chi connectivity index (χ2n) is 4.18. The lowest BCUT2D eigenvalue weighted by Crippen LogP contribution is -2.07. The molecule has 2 aromatic rings. The fourth-order valence-electron chi connectivity index (χ4n) is 1.83. The first kappa shape index (κ1) is 12.1. The van der Waals surface area contributed by atoms with Crippen molar-refractivity contribution in [1.29, 1.82) is 5.26 Å². The van der Waals surface area contributed by atoms with Crippen LogP contribution in [0.15, 0.2) is 42.6 Å². The van der Waals surface area contributed by atoms with Gasteiger partial charge in [0.15, 0.2) is 0 Å². The summed E-state index contributed by atoms with van der Waals surface area (Å²) in [6.07, 6.45) is 2.61. The third-order valence-corrected chi connectivity index (χ3v) is 2.72. The summed E-state index contributed by atoms with van der Waals surface area (Å²) in [4.78, 5) is 4.16.